The second-order valence-corrected chi connectivity index (χ2v) is 7.25. The highest BCUT2D eigenvalue weighted by Crippen LogP contribution is 2.17. The maximum absolute atomic E-state index is 2.57. The average Bonchev–Trinajstić information content (AvgIpc) is 3.12. The predicted octanol–water partition coefficient (Wildman–Crippen LogP) is 4.10. The van der Waals surface area contributed by atoms with Crippen molar-refractivity contribution in [3.8, 4) is 5.69 Å². The molecule has 134 valence electrons. The van der Waals surface area contributed by atoms with E-state index < -0.39 is 0 Å². The van der Waals surface area contributed by atoms with Gasteiger partial charge in [0.25, 0.3) is 0 Å². The molecule has 3 nitrogen and oxygen atoms in total. The monoisotopic (exact) mass is 345 g/mol. The maximum Gasteiger partial charge on any atom is 0.0455 e. The van der Waals surface area contributed by atoms with Gasteiger partial charge in [0.1, 0.15) is 0 Å². The van der Waals surface area contributed by atoms with Gasteiger partial charge in [-0.3, -0.25) is 9.80 Å². The van der Waals surface area contributed by atoms with Gasteiger partial charge in [-0.2, -0.15) is 0 Å². The van der Waals surface area contributed by atoms with Crippen LogP contribution in [0.1, 0.15) is 16.8 Å². The van der Waals surface area contributed by atoms with Crippen LogP contribution in [0, 0.1) is 6.92 Å². The topological polar surface area (TPSA) is 11.4 Å². The van der Waals surface area contributed by atoms with Gasteiger partial charge in [0, 0.05) is 56.8 Å². The Morgan fingerprint density at radius 2 is 1.46 bits per heavy atom. The highest BCUT2D eigenvalue weighted by molar-refractivity contribution is 5.38. The zero-order valence-corrected chi connectivity index (χ0v) is 15.5. The summed E-state index contributed by atoms with van der Waals surface area (Å²) in [6, 6.07) is 23.9. The zero-order valence-electron chi connectivity index (χ0n) is 15.5. The summed E-state index contributed by atoms with van der Waals surface area (Å²) in [6.45, 7) is 8.77. The highest BCUT2D eigenvalue weighted by Gasteiger charge is 2.18. The van der Waals surface area contributed by atoms with Crippen molar-refractivity contribution in [2.45, 2.75) is 20.0 Å². The molecule has 1 saturated heterocycles. The highest BCUT2D eigenvalue weighted by atomic mass is 15.3. The van der Waals surface area contributed by atoms with E-state index in [4.69, 9.17) is 0 Å². The molecule has 0 saturated carbocycles. The van der Waals surface area contributed by atoms with Crippen molar-refractivity contribution in [1.29, 1.82) is 0 Å². The number of hydrogen-bond acceptors (Lipinski definition) is 2. The number of benzene rings is 2. The molecule has 0 N–H and O–H groups in total. The van der Waals surface area contributed by atoms with Crippen molar-refractivity contribution in [3.05, 3.63) is 89.7 Å². The van der Waals surface area contributed by atoms with Crippen LogP contribution in [0.5, 0.6) is 0 Å². The molecular formula is C23H27N3. The van der Waals surface area contributed by atoms with Gasteiger partial charge < -0.3 is 4.57 Å². The lowest BCUT2D eigenvalue weighted by molar-refractivity contribution is 0.120. The quantitative estimate of drug-likeness (QED) is 0.690. The standard InChI is InChI=1S/C23H27N3/c1-20-7-5-10-22(17-20)26-12-6-11-23(26)19-25-15-13-24(14-16-25)18-21-8-3-2-4-9-21/h2-12,17H,13-16,18-19H2,1H3. The van der Waals surface area contributed by atoms with Crippen LogP contribution >= 0.6 is 0 Å². The Kier molecular flexibility index (Phi) is 5.19. The second-order valence-electron chi connectivity index (χ2n) is 7.25. The number of aryl methyl sites for hydroxylation is 1. The third kappa shape index (κ3) is 4.06. The van der Waals surface area contributed by atoms with Crippen molar-refractivity contribution in [1.82, 2.24) is 14.4 Å². The first kappa shape index (κ1) is 17.1. The van der Waals surface area contributed by atoms with Crippen LogP contribution in [-0.2, 0) is 13.1 Å². The Morgan fingerprint density at radius 1 is 0.731 bits per heavy atom. The molecule has 0 atom stereocenters. The third-order valence-corrected chi connectivity index (χ3v) is 5.21. The van der Waals surface area contributed by atoms with Gasteiger partial charge in [0.2, 0.25) is 0 Å². The summed E-state index contributed by atoms with van der Waals surface area (Å²) in [5.41, 5.74) is 5.34. The van der Waals surface area contributed by atoms with Crippen molar-refractivity contribution >= 4 is 0 Å². The van der Waals surface area contributed by atoms with E-state index in [0.717, 1.165) is 39.3 Å². The van der Waals surface area contributed by atoms with Crippen molar-refractivity contribution in [2.24, 2.45) is 0 Å². The van der Waals surface area contributed by atoms with Crippen LogP contribution in [0.15, 0.2) is 72.9 Å². The molecule has 0 unspecified atom stereocenters. The predicted molar refractivity (Wildman–Crippen MR) is 108 cm³/mol. The minimum atomic E-state index is 1.01. The van der Waals surface area contributed by atoms with E-state index in [1.54, 1.807) is 0 Å². The van der Waals surface area contributed by atoms with Crippen LogP contribution < -0.4 is 0 Å². The van der Waals surface area contributed by atoms with Crippen LogP contribution in [0.3, 0.4) is 0 Å². The first-order valence-corrected chi connectivity index (χ1v) is 9.50. The molecule has 3 heteroatoms. The van der Waals surface area contributed by atoms with Gasteiger partial charge in [0.15, 0.2) is 0 Å². The second kappa shape index (κ2) is 7.90. The molecule has 0 amide bonds. The molecule has 0 spiro atoms. The fourth-order valence-corrected chi connectivity index (χ4v) is 3.75. The maximum atomic E-state index is 2.57. The van der Waals surface area contributed by atoms with Gasteiger partial charge in [-0.25, -0.2) is 0 Å². The minimum Gasteiger partial charge on any atom is -0.320 e. The first-order valence-electron chi connectivity index (χ1n) is 9.50. The van der Waals surface area contributed by atoms with E-state index in [-0.39, 0.29) is 0 Å². The first-order chi connectivity index (χ1) is 12.8. The Hall–Kier alpha value is -2.36. The SMILES string of the molecule is Cc1cccc(-n2cccc2CN2CCN(Cc3ccccc3)CC2)c1. The zero-order chi connectivity index (χ0) is 17.8. The summed E-state index contributed by atoms with van der Waals surface area (Å²) in [7, 11) is 0. The van der Waals surface area contributed by atoms with Crippen LogP contribution in [-0.4, -0.2) is 40.5 Å². The molecule has 2 heterocycles. The van der Waals surface area contributed by atoms with Gasteiger partial charge >= 0.3 is 0 Å². The van der Waals surface area contributed by atoms with Crippen LogP contribution in [0.4, 0.5) is 0 Å². The molecule has 0 radical (unpaired) electrons. The molecule has 26 heavy (non-hydrogen) atoms. The third-order valence-electron chi connectivity index (χ3n) is 5.21. The Morgan fingerprint density at radius 3 is 2.19 bits per heavy atom. The summed E-state index contributed by atoms with van der Waals surface area (Å²) in [4.78, 5) is 5.13. The summed E-state index contributed by atoms with van der Waals surface area (Å²) in [6.07, 6.45) is 2.18. The molecule has 0 aliphatic carbocycles. The largest absolute Gasteiger partial charge is 0.320 e. The average molecular weight is 345 g/mol. The van der Waals surface area contributed by atoms with E-state index in [1.165, 1.54) is 22.5 Å². The Labute approximate surface area is 156 Å². The molecule has 1 aliphatic rings. The number of nitrogens with zero attached hydrogens (tertiary/aromatic N) is 3. The molecule has 1 aromatic heterocycles. The molecule has 2 aromatic carbocycles. The lowest BCUT2D eigenvalue weighted by atomic mass is 10.2. The molecule has 0 bridgehead atoms. The Balaban J connectivity index is 1.36. The number of rotatable bonds is 5. The smallest absolute Gasteiger partial charge is 0.0455 e. The van der Waals surface area contributed by atoms with E-state index in [0.29, 0.717) is 0 Å². The van der Waals surface area contributed by atoms with E-state index in [1.807, 2.05) is 0 Å². The molecular weight excluding hydrogens is 318 g/mol. The minimum absolute atomic E-state index is 1.01. The molecule has 1 aliphatic heterocycles. The van der Waals surface area contributed by atoms with E-state index in [2.05, 4.69) is 94.2 Å². The van der Waals surface area contributed by atoms with Gasteiger partial charge in [-0.15, -0.1) is 0 Å². The normalized spacial score (nSPS) is 16.0. The van der Waals surface area contributed by atoms with Gasteiger partial charge in [-0.05, 0) is 42.3 Å². The Bertz CT molecular complexity index is 829. The number of piperazine rings is 1. The lowest BCUT2D eigenvalue weighted by Gasteiger charge is -2.34. The summed E-state index contributed by atoms with van der Waals surface area (Å²) < 4.78 is 2.32. The molecule has 4 rings (SSSR count). The number of aromatic nitrogens is 1. The fraction of sp³-hybridized carbons (Fsp3) is 0.304. The molecule has 1 fully saturated rings. The van der Waals surface area contributed by atoms with Crippen molar-refractivity contribution in [3.63, 3.8) is 0 Å². The molecule has 3 aromatic rings. The van der Waals surface area contributed by atoms with Gasteiger partial charge in [0.05, 0.1) is 0 Å². The summed E-state index contributed by atoms with van der Waals surface area (Å²) in [5, 5.41) is 0. The fourth-order valence-electron chi connectivity index (χ4n) is 3.75. The van der Waals surface area contributed by atoms with Gasteiger partial charge in [-0.1, -0.05) is 42.5 Å². The lowest BCUT2D eigenvalue weighted by Crippen LogP contribution is -2.45. The summed E-state index contributed by atoms with van der Waals surface area (Å²) in [5.74, 6) is 0. The van der Waals surface area contributed by atoms with E-state index >= 15 is 0 Å². The van der Waals surface area contributed by atoms with Crippen molar-refractivity contribution < 1.29 is 0 Å². The van der Waals surface area contributed by atoms with Crippen LogP contribution in [0.2, 0.25) is 0 Å². The summed E-state index contributed by atoms with van der Waals surface area (Å²) >= 11 is 0. The van der Waals surface area contributed by atoms with E-state index in [9.17, 15) is 0 Å². The number of hydrogen-bond donors (Lipinski definition) is 0. The van der Waals surface area contributed by atoms with Crippen LogP contribution in [0.25, 0.3) is 5.69 Å². The van der Waals surface area contributed by atoms with Crippen molar-refractivity contribution in [2.75, 3.05) is 26.2 Å².